The van der Waals surface area contributed by atoms with Gasteiger partial charge in [-0.15, -0.1) is 0 Å². The fourth-order valence-electron chi connectivity index (χ4n) is 5.47. The summed E-state index contributed by atoms with van der Waals surface area (Å²) in [4.78, 5) is 38.1. The molecule has 7 nitrogen and oxygen atoms in total. The number of nitrogens with zero attached hydrogens (tertiary/aromatic N) is 4. The molecule has 1 saturated heterocycles. The molecular formula is C27H25N5O2. The Hall–Kier alpha value is -4.05. The van der Waals surface area contributed by atoms with E-state index in [0.717, 1.165) is 16.6 Å². The lowest BCUT2D eigenvalue weighted by molar-refractivity contribution is -0.128. The summed E-state index contributed by atoms with van der Waals surface area (Å²) in [6.07, 6.45) is 8.66. The minimum Gasteiger partial charge on any atom is -0.368 e. The van der Waals surface area contributed by atoms with Crippen LogP contribution in [0.1, 0.15) is 37.8 Å². The summed E-state index contributed by atoms with van der Waals surface area (Å²) in [5.41, 5.74) is 6.54. The van der Waals surface area contributed by atoms with Crippen LogP contribution in [0.3, 0.4) is 0 Å². The number of pyridine rings is 2. The number of benzene rings is 1. The van der Waals surface area contributed by atoms with Crippen LogP contribution in [-0.4, -0.2) is 33.7 Å². The van der Waals surface area contributed by atoms with Gasteiger partial charge in [0.1, 0.15) is 0 Å². The molecule has 1 fully saturated rings. The smallest absolute Gasteiger partial charge is 0.241 e. The molecule has 0 bridgehead atoms. The van der Waals surface area contributed by atoms with Crippen molar-refractivity contribution in [3.63, 3.8) is 0 Å². The Labute approximate surface area is 197 Å². The molecule has 3 aromatic rings. The lowest BCUT2D eigenvalue weighted by Gasteiger charge is -2.38. The molecule has 0 unspecified atom stereocenters. The number of aromatic nitrogens is 2. The summed E-state index contributed by atoms with van der Waals surface area (Å²) >= 11 is 0. The van der Waals surface area contributed by atoms with E-state index in [4.69, 9.17) is 5.73 Å². The zero-order valence-corrected chi connectivity index (χ0v) is 19.3. The van der Waals surface area contributed by atoms with Crippen molar-refractivity contribution in [2.24, 2.45) is 16.6 Å². The van der Waals surface area contributed by atoms with E-state index in [1.54, 1.807) is 30.7 Å². The van der Waals surface area contributed by atoms with Crippen molar-refractivity contribution in [2.75, 3.05) is 4.90 Å². The maximum atomic E-state index is 14.1. The summed E-state index contributed by atoms with van der Waals surface area (Å²) in [5, 5.41) is 11.5. The van der Waals surface area contributed by atoms with Crippen LogP contribution >= 0.6 is 0 Å². The van der Waals surface area contributed by atoms with Crippen molar-refractivity contribution in [3.05, 3.63) is 72.2 Å². The highest BCUT2D eigenvalue weighted by molar-refractivity contribution is 6.04. The molecule has 5 rings (SSSR count). The number of nitrogens with two attached hydrogens (primary N) is 1. The van der Waals surface area contributed by atoms with Crippen LogP contribution in [0.4, 0.5) is 5.69 Å². The Morgan fingerprint density at radius 3 is 2.56 bits per heavy atom. The number of primary amides is 1. The van der Waals surface area contributed by atoms with Gasteiger partial charge in [-0.25, -0.2) is 0 Å². The number of nitriles is 1. The van der Waals surface area contributed by atoms with Crippen LogP contribution in [0.5, 0.6) is 0 Å². The zero-order valence-electron chi connectivity index (χ0n) is 19.3. The van der Waals surface area contributed by atoms with Gasteiger partial charge < -0.3 is 10.6 Å². The van der Waals surface area contributed by atoms with Crippen LogP contribution in [0.2, 0.25) is 0 Å². The first-order chi connectivity index (χ1) is 16.2. The molecule has 1 amide bonds. The molecule has 4 heterocycles. The summed E-state index contributed by atoms with van der Waals surface area (Å²) in [7, 11) is 0. The third-order valence-corrected chi connectivity index (χ3v) is 7.01. The number of ketones is 1. The van der Waals surface area contributed by atoms with E-state index >= 15 is 0 Å². The van der Waals surface area contributed by atoms with Crippen molar-refractivity contribution in [1.82, 2.24) is 9.97 Å². The fourth-order valence-corrected chi connectivity index (χ4v) is 5.47. The normalized spacial score (nSPS) is 25.5. The summed E-state index contributed by atoms with van der Waals surface area (Å²) in [5.74, 6) is -1.65. The molecule has 1 aromatic carbocycles. The third kappa shape index (κ3) is 2.88. The highest BCUT2D eigenvalue weighted by Crippen LogP contribution is 2.57. The molecule has 4 atom stereocenters. The maximum Gasteiger partial charge on any atom is 0.241 e. The van der Waals surface area contributed by atoms with Gasteiger partial charge in [0.2, 0.25) is 5.91 Å². The predicted octanol–water partition coefficient (Wildman–Crippen LogP) is 3.61. The molecule has 0 spiro atoms. The van der Waals surface area contributed by atoms with Crippen LogP contribution in [0.15, 0.2) is 61.1 Å². The average molecular weight is 452 g/mol. The van der Waals surface area contributed by atoms with Crippen LogP contribution in [0, 0.1) is 22.2 Å². The number of hydrogen-bond donors (Lipinski definition) is 1. The highest BCUT2D eigenvalue weighted by Gasteiger charge is 2.66. The highest BCUT2D eigenvalue weighted by atomic mass is 16.1. The molecule has 7 heteroatoms. The van der Waals surface area contributed by atoms with E-state index in [9.17, 15) is 14.9 Å². The number of hydrogen-bond acceptors (Lipinski definition) is 6. The number of amides is 1. The van der Waals surface area contributed by atoms with Gasteiger partial charge in [-0.05, 0) is 23.3 Å². The minimum atomic E-state index is -1.68. The first-order valence-electron chi connectivity index (χ1n) is 11.2. The fraction of sp³-hybridized carbons (Fsp3) is 0.296. The van der Waals surface area contributed by atoms with Gasteiger partial charge in [-0.1, -0.05) is 57.2 Å². The van der Waals surface area contributed by atoms with Gasteiger partial charge in [0.15, 0.2) is 11.2 Å². The molecule has 2 aliphatic heterocycles. The standard InChI is InChI=1S/C27H25N5O2/c1-26(2,3)24(33)23-20(18-7-4-12-30-14-18)27(15-28,25(29)34)19-11-10-17-9-8-16-6-5-13-31-21(16)22(17)32(19)23/h4-14,19-20,23H,1-3H3,(H2,29,34)/t19-,20-,23-,27+/m1/s1. The average Bonchev–Trinajstić information content (AvgIpc) is 3.14. The van der Waals surface area contributed by atoms with Gasteiger partial charge >= 0.3 is 0 Å². The molecule has 2 aliphatic rings. The molecule has 0 radical (unpaired) electrons. The second-order valence-corrected chi connectivity index (χ2v) is 9.96. The minimum absolute atomic E-state index is 0.0843. The molecule has 2 aromatic heterocycles. The topological polar surface area (TPSA) is 113 Å². The van der Waals surface area contributed by atoms with E-state index in [1.165, 1.54) is 0 Å². The van der Waals surface area contributed by atoms with Crippen molar-refractivity contribution in [1.29, 1.82) is 5.26 Å². The Balaban J connectivity index is 1.89. The molecule has 0 aliphatic carbocycles. The Bertz CT molecular complexity index is 1390. The molecule has 2 N–H and O–H groups in total. The Morgan fingerprint density at radius 1 is 1.15 bits per heavy atom. The number of fused-ring (bicyclic) bond motifs is 5. The Morgan fingerprint density at radius 2 is 1.91 bits per heavy atom. The van der Waals surface area contributed by atoms with Crippen LogP contribution in [0.25, 0.3) is 17.0 Å². The van der Waals surface area contributed by atoms with E-state index in [-0.39, 0.29) is 5.78 Å². The van der Waals surface area contributed by atoms with E-state index in [1.807, 2.05) is 62.1 Å². The van der Waals surface area contributed by atoms with Gasteiger partial charge in [0, 0.05) is 35.3 Å². The number of carbonyl (C=O) groups excluding carboxylic acids is 2. The quantitative estimate of drug-likeness (QED) is 0.651. The number of rotatable bonds is 3. The van der Waals surface area contributed by atoms with Crippen molar-refractivity contribution < 1.29 is 9.59 Å². The number of anilines is 1. The summed E-state index contributed by atoms with van der Waals surface area (Å²) in [6.45, 7) is 5.55. The van der Waals surface area contributed by atoms with Crippen LogP contribution in [-0.2, 0) is 9.59 Å². The largest absolute Gasteiger partial charge is 0.368 e. The molecule has 34 heavy (non-hydrogen) atoms. The van der Waals surface area contributed by atoms with Gasteiger partial charge in [-0.3, -0.25) is 19.6 Å². The third-order valence-electron chi connectivity index (χ3n) is 7.01. The predicted molar refractivity (Wildman–Crippen MR) is 130 cm³/mol. The van der Waals surface area contributed by atoms with Gasteiger partial charge in [0.25, 0.3) is 0 Å². The molecule has 170 valence electrons. The second kappa shape index (κ2) is 7.49. The lowest BCUT2D eigenvalue weighted by Crippen LogP contribution is -2.49. The number of carbonyl (C=O) groups is 2. The first kappa shape index (κ1) is 21.8. The van der Waals surface area contributed by atoms with Gasteiger partial charge in [0.05, 0.1) is 29.4 Å². The van der Waals surface area contributed by atoms with E-state index < -0.39 is 34.7 Å². The van der Waals surface area contributed by atoms with E-state index in [0.29, 0.717) is 11.1 Å². The summed E-state index contributed by atoms with van der Waals surface area (Å²) < 4.78 is 0. The summed E-state index contributed by atoms with van der Waals surface area (Å²) in [6, 6.07) is 12.0. The second-order valence-electron chi connectivity index (χ2n) is 9.96. The van der Waals surface area contributed by atoms with Crippen molar-refractivity contribution in [3.8, 4) is 6.07 Å². The van der Waals surface area contributed by atoms with E-state index in [2.05, 4.69) is 16.0 Å². The Kier molecular flexibility index (Phi) is 4.80. The monoisotopic (exact) mass is 451 g/mol. The SMILES string of the molecule is CC(C)(C)C(=O)[C@H]1[C@@H](c2cccnc2)[C@@](C#N)(C(N)=O)[C@H]2C=Cc3ccc4cccnc4c3N12. The lowest BCUT2D eigenvalue weighted by atomic mass is 9.66. The first-order valence-corrected chi connectivity index (χ1v) is 11.2. The van der Waals surface area contributed by atoms with Crippen molar-refractivity contribution in [2.45, 2.75) is 38.8 Å². The maximum absolute atomic E-state index is 14.1. The zero-order chi connectivity index (χ0) is 24.3. The van der Waals surface area contributed by atoms with Gasteiger partial charge in [-0.2, -0.15) is 5.26 Å². The van der Waals surface area contributed by atoms with Crippen LogP contribution < -0.4 is 10.6 Å². The number of Topliss-reactive ketones (excluding diaryl/α,β-unsaturated/α-hetero) is 1. The molecular weight excluding hydrogens is 426 g/mol. The van der Waals surface area contributed by atoms with Crippen molar-refractivity contribution >= 4 is 34.4 Å². The molecule has 0 saturated carbocycles.